The Kier molecular flexibility index (Phi) is 7.25. The van der Waals surface area contributed by atoms with Gasteiger partial charge in [-0.15, -0.1) is 0 Å². The van der Waals surface area contributed by atoms with Gasteiger partial charge in [-0.1, -0.05) is 12.1 Å². The van der Waals surface area contributed by atoms with Crippen LogP contribution in [0.2, 0.25) is 0 Å². The van der Waals surface area contributed by atoms with E-state index in [1.165, 1.54) is 55.8 Å². The highest BCUT2D eigenvalue weighted by Crippen LogP contribution is 2.53. The third-order valence-corrected chi connectivity index (χ3v) is 6.50. The number of hydrogen-bond acceptors (Lipinski definition) is 10. The number of carbonyl (C=O) groups is 2. The minimum absolute atomic E-state index is 0.00863. The largest absolute Gasteiger partial charge is 0.493 e. The third kappa shape index (κ3) is 3.80. The Morgan fingerprint density at radius 3 is 1.45 bits per heavy atom. The number of hydrogen-bond donors (Lipinski definition) is 0. The first-order valence-corrected chi connectivity index (χ1v) is 11.4. The lowest BCUT2D eigenvalue weighted by Crippen LogP contribution is -2.50. The minimum atomic E-state index is -1.99. The molecule has 0 N–H and O–H groups in total. The number of ether oxygens (including phenoxy) is 8. The number of methoxy groups -OCH3 is 7. The van der Waals surface area contributed by atoms with E-state index in [0.717, 1.165) is 0 Å². The van der Waals surface area contributed by atoms with Crippen LogP contribution < -0.4 is 37.9 Å². The molecule has 0 atom stereocenters. The summed E-state index contributed by atoms with van der Waals surface area (Å²) >= 11 is 0. The van der Waals surface area contributed by atoms with Gasteiger partial charge in [0.2, 0.25) is 5.75 Å². The van der Waals surface area contributed by atoms with Crippen LogP contribution in [0.4, 0.5) is 0 Å². The molecule has 0 saturated heterocycles. The summed E-state index contributed by atoms with van der Waals surface area (Å²) in [6.45, 7) is 0. The molecule has 0 aromatic heterocycles. The lowest BCUT2D eigenvalue weighted by Gasteiger charge is -2.36. The molecule has 0 unspecified atom stereocenters. The molecule has 4 rings (SSSR count). The Morgan fingerprint density at radius 2 is 1.03 bits per heavy atom. The second-order valence-corrected chi connectivity index (χ2v) is 8.13. The summed E-state index contributed by atoms with van der Waals surface area (Å²) in [6.07, 6.45) is 0. The molecule has 10 heteroatoms. The molecule has 0 bridgehead atoms. The first-order chi connectivity index (χ1) is 18.3. The summed E-state index contributed by atoms with van der Waals surface area (Å²) in [5.74, 6) is 0.452. The monoisotopic (exact) mass is 524 g/mol. The highest BCUT2D eigenvalue weighted by molar-refractivity contribution is 6.25. The molecular weight excluding hydrogens is 496 g/mol. The van der Waals surface area contributed by atoms with Crippen LogP contribution in [0.1, 0.15) is 21.5 Å². The quantitative estimate of drug-likeness (QED) is 0.233. The zero-order chi connectivity index (χ0) is 27.6. The molecule has 1 aliphatic heterocycles. The summed E-state index contributed by atoms with van der Waals surface area (Å²) in [5.41, 5.74) is -1.42. The Hall–Kier alpha value is -4.60. The number of rotatable bonds is 9. The highest BCUT2D eigenvalue weighted by atomic mass is 16.6. The first-order valence-electron chi connectivity index (χ1n) is 11.4. The van der Waals surface area contributed by atoms with Crippen LogP contribution in [0.25, 0.3) is 0 Å². The zero-order valence-electron chi connectivity index (χ0n) is 22.1. The fourth-order valence-electron chi connectivity index (χ4n) is 4.69. The standard InChI is InChI=1S/C28H28O10/c1-31-17-10-8-15(12-19(17)33-3)28(16-9-11-18(32-2)20(13-16)34-4)26(29)23-21(38-27(28)30)14-22(35-5)24(36-6)25(23)37-7/h8-14H,1-7H3. The van der Waals surface area contributed by atoms with Crippen molar-refractivity contribution in [3.8, 4) is 46.0 Å². The van der Waals surface area contributed by atoms with Gasteiger partial charge < -0.3 is 37.9 Å². The molecule has 3 aromatic rings. The van der Waals surface area contributed by atoms with Gasteiger partial charge in [0.05, 0.1) is 49.8 Å². The number of Topliss-reactive ketones (excluding diaryl/α,β-unsaturated/α-hetero) is 1. The van der Waals surface area contributed by atoms with Crippen molar-refractivity contribution in [3.05, 3.63) is 59.2 Å². The van der Waals surface area contributed by atoms with Crippen LogP contribution in [-0.2, 0) is 10.2 Å². The van der Waals surface area contributed by atoms with Crippen molar-refractivity contribution in [2.24, 2.45) is 0 Å². The molecule has 3 aromatic carbocycles. The summed E-state index contributed by atoms with van der Waals surface area (Å²) in [6, 6.07) is 11.0. The van der Waals surface area contributed by atoms with E-state index in [-0.39, 0.29) is 39.7 Å². The molecule has 1 aliphatic rings. The molecule has 0 amide bonds. The summed E-state index contributed by atoms with van der Waals surface area (Å²) < 4.78 is 44.1. The zero-order valence-corrected chi connectivity index (χ0v) is 22.1. The van der Waals surface area contributed by atoms with Crippen LogP contribution >= 0.6 is 0 Å². The fourth-order valence-corrected chi connectivity index (χ4v) is 4.69. The maximum absolute atomic E-state index is 14.7. The van der Waals surface area contributed by atoms with Gasteiger partial charge >= 0.3 is 5.97 Å². The van der Waals surface area contributed by atoms with Crippen LogP contribution in [0.15, 0.2) is 42.5 Å². The maximum Gasteiger partial charge on any atom is 0.334 e. The topological polar surface area (TPSA) is 108 Å². The SMILES string of the molecule is COc1ccc(C2(c3ccc(OC)c(OC)c3)C(=O)Oc3cc(OC)c(OC)c(OC)c3C2=O)cc1OC. The number of fused-ring (bicyclic) bond motifs is 1. The second-order valence-electron chi connectivity index (χ2n) is 8.13. The first kappa shape index (κ1) is 26.5. The van der Waals surface area contributed by atoms with Gasteiger partial charge in [0, 0.05) is 6.07 Å². The van der Waals surface area contributed by atoms with Crippen molar-refractivity contribution in [2.75, 3.05) is 49.8 Å². The highest BCUT2D eigenvalue weighted by Gasteiger charge is 2.57. The molecule has 38 heavy (non-hydrogen) atoms. The van der Waals surface area contributed by atoms with Crippen molar-refractivity contribution in [3.63, 3.8) is 0 Å². The van der Waals surface area contributed by atoms with Crippen molar-refractivity contribution >= 4 is 11.8 Å². The van der Waals surface area contributed by atoms with Crippen molar-refractivity contribution < 1.29 is 47.5 Å². The predicted octanol–water partition coefficient (Wildman–Crippen LogP) is 3.83. The van der Waals surface area contributed by atoms with Gasteiger partial charge in [0.15, 0.2) is 45.7 Å². The number of ketones is 1. The minimum Gasteiger partial charge on any atom is -0.493 e. The van der Waals surface area contributed by atoms with E-state index in [1.54, 1.807) is 36.4 Å². The Labute approximate surface area is 219 Å². The summed E-state index contributed by atoms with van der Waals surface area (Å²) in [5, 5.41) is 0. The van der Waals surface area contributed by atoms with Crippen molar-refractivity contribution in [1.82, 2.24) is 0 Å². The maximum atomic E-state index is 14.7. The number of esters is 1. The van der Waals surface area contributed by atoms with Crippen molar-refractivity contribution in [2.45, 2.75) is 5.41 Å². The van der Waals surface area contributed by atoms with E-state index < -0.39 is 17.2 Å². The molecule has 0 spiro atoms. The van der Waals surface area contributed by atoms with Gasteiger partial charge in [-0.25, -0.2) is 4.79 Å². The lowest BCUT2D eigenvalue weighted by atomic mass is 9.68. The fraction of sp³-hybridized carbons (Fsp3) is 0.286. The molecule has 200 valence electrons. The Balaban J connectivity index is 2.12. The summed E-state index contributed by atoms with van der Waals surface area (Å²) in [7, 11) is 10.1. The molecule has 0 radical (unpaired) electrons. The van der Waals surface area contributed by atoms with Gasteiger partial charge in [-0.2, -0.15) is 0 Å². The lowest BCUT2D eigenvalue weighted by molar-refractivity contribution is -0.138. The van der Waals surface area contributed by atoms with Crippen LogP contribution in [0, 0.1) is 0 Å². The average molecular weight is 525 g/mol. The molecule has 0 saturated carbocycles. The molecule has 0 aliphatic carbocycles. The molecule has 1 heterocycles. The molecular formula is C28H28O10. The van der Waals surface area contributed by atoms with Crippen molar-refractivity contribution in [1.29, 1.82) is 0 Å². The Morgan fingerprint density at radius 1 is 0.553 bits per heavy atom. The Bertz CT molecular complexity index is 1340. The van der Waals surface area contributed by atoms with E-state index >= 15 is 0 Å². The van der Waals surface area contributed by atoms with Crippen LogP contribution in [-0.4, -0.2) is 61.5 Å². The van der Waals surface area contributed by atoms with E-state index in [4.69, 9.17) is 37.9 Å². The van der Waals surface area contributed by atoms with E-state index in [9.17, 15) is 9.59 Å². The third-order valence-electron chi connectivity index (χ3n) is 6.50. The normalized spacial score (nSPS) is 13.7. The van der Waals surface area contributed by atoms with Gasteiger partial charge in [-0.05, 0) is 35.4 Å². The van der Waals surface area contributed by atoms with Crippen LogP contribution in [0.3, 0.4) is 0 Å². The van der Waals surface area contributed by atoms with Gasteiger partial charge in [0.1, 0.15) is 11.3 Å². The second kappa shape index (κ2) is 10.4. The van der Waals surface area contributed by atoms with Gasteiger partial charge in [0.25, 0.3) is 0 Å². The smallest absolute Gasteiger partial charge is 0.334 e. The average Bonchev–Trinajstić information content (AvgIpc) is 2.95. The summed E-state index contributed by atoms with van der Waals surface area (Å²) in [4.78, 5) is 28.7. The number of benzene rings is 3. The molecule has 0 fully saturated rings. The van der Waals surface area contributed by atoms with E-state index in [0.29, 0.717) is 23.0 Å². The number of carbonyl (C=O) groups excluding carboxylic acids is 2. The molecule has 10 nitrogen and oxygen atoms in total. The van der Waals surface area contributed by atoms with Crippen LogP contribution in [0.5, 0.6) is 46.0 Å². The predicted molar refractivity (Wildman–Crippen MR) is 136 cm³/mol. The van der Waals surface area contributed by atoms with E-state index in [1.807, 2.05) is 0 Å². The van der Waals surface area contributed by atoms with Gasteiger partial charge in [-0.3, -0.25) is 4.79 Å². The van der Waals surface area contributed by atoms with E-state index in [2.05, 4.69) is 0 Å².